The van der Waals surface area contributed by atoms with E-state index in [1.165, 1.54) is 4.90 Å². The van der Waals surface area contributed by atoms with Gasteiger partial charge in [0.05, 0.1) is 6.10 Å². The number of nitrogens with zero attached hydrogens (tertiary/aromatic N) is 2. The van der Waals surface area contributed by atoms with E-state index >= 15 is 0 Å². The predicted molar refractivity (Wildman–Crippen MR) is 103 cm³/mol. The van der Waals surface area contributed by atoms with Gasteiger partial charge in [0.15, 0.2) is 5.82 Å². The van der Waals surface area contributed by atoms with Crippen molar-refractivity contribution in [2.45, 2.75) is 45.3 Å². The molecule has 2 aliphatic rings. The second-order valence-corrected chi connectivity index (χ2v) is 8.92. The van der Waals surface area contributed by atoms with Crippen LogP contribution in [0.4, 0.5) is 4.79 Å². The molecule has 0 radical (unpaired) electrons. The molecule has 1 fully saturated rings. The molecular formula is C20H25N3O6. The number of hydrogen-bond acceptors (Lipinski definition) is 6. The largest absolute Gasteiger partial charge is 0.486 e. The molecule has 2 aliphatic heterocycles. The first-order chi connectivity index (χ1) is 13.6. The van der Waals surface area contributed by atoms with Gasteiger partial charge in [-0.3, -0.25) is 9.51 Å². The number of carboxylic acid groups (broad SMARTS) is 1. The van der Waals surface area contributed by atoms with E-state index < -0.39 is 23.6 Å². The fraction of sp³-hybridized carbons (Fsp3) is 0.550. The van der Waals surface area contributed by atoms with Gasteiger partial charge in [-0.2, -0.15) is 0 Å². The molecule has 1 spiro atoms. The molecular weight excluding hydrogens is 378 g/mol. The molecule has 3 N–H and O–H groups in total. The van der Waals surface area contributed by atoms with Crippen molar-refractivity contribution in [3.63, 3.8) is 0 Å². The number of ether oxygens (including phenoxy) is 1. The van der Waals surface area contributed by atoms with Gasteiger partial charge in [0.25, 0.3) is 0 Å². The molecule has 1 amide bonds. The van der Waals surface area contributed by atoms with Gasteiger partial charge < -0.3 is 19.8 Å². The molecule has 2 aromatic rings. The highest BCUT2D eigenvalue weighted by Crippen LogP contribution is 2.54. The molecule has 156 valence electrons. The lowest BCUT2D eigenvalue weighted by atomic mass is 9.62. The minimum atomic E-state index is -0.935. The first-order valence-electron chi connectivity index (χ1n) is 9.66. The molecule has 1 aromatic heterocycles. The first-order valence-corrected chi connectivity index (χ1v) is 9.66. The number of piperidine rings is 1. The maximum Gasteiger partial charge on any atom is 0.439 e. The average Bonchev–Trinajstić information content (AvgIpc) is 3.07. The Hall–Kier alpha value is -2.81. The molecule has 4 rings (SSSR count). The van der Waals surface area contributed by atoms with Crippen LogP contribution in [0.2, 0.25) is 0 Å². The maximum absolute atomic E-state index is 11.4. The standard InChI is InChI=1S/C20H25N3O6/c1-19(2,3)15-14(24)12-10-11(16-21-17(25)29-22-16)4-5-13(12)28-20(15)6-8-23(9-7-20)18(26)27/h4-5,10,14-15,24H,6-9H2,1-3H3,(H,26,27)(H,21,22,25). The summed E-state index contributed by atoms with van der Waals surface area (Å²) in [6.07, 6.45) is -0.726. The number of aliphatic hydroxyl groups is 1. The molecule has 2 unspecified atom stereocenters. The van der Waals surface area contributed by atoms with E-state index in [2.05, 4.69) is 35.4 Å². The van der Waals surface area contributed by atoms with E-state index in [9.17, 15) is 19.8 Å². The van der Waals surface area contributed by atoms with E-state index in [1.807, 2.05) is 0 Å². The topological polar surface area (TPSA) is 129 Å². The lowest BCUT2D eigenvalue weighted by Gasteiger charge is -2.54. The van der Waals surface area contributed by atoms with E-state index in [0.29, 0.717) is 42.8 Å². The highest BCUT2D eigenvalue weighted by atomic mass is 16.5. The van der Waals surface area contributed by atoms with Crippen LogP contribution < -0.4 is 10.5 Å². The zero-order valence-electron chi connectivity index (χ0n) is 16.6. The maximum atomic E-state index is 11.4. The molecule has 2 atom stereocenters. The summed E-state index contributed by atoms with van der Waals surface area (Å²) in [4.78, 5) is 26.5. The van der Waals surface area contributed by atoms with Crippen molar-refractivity contribution in [1.29, 1.82) is 0 Å². The van der Waals surface area contributed by atoms with Gasteiger partial charge in [0.1, 0.15) is 11.4 Å². The van der Waals surface area contributed by atoms with Gasteiger partial charge in [-0.25, -0.2) is 9.59 Å². The summed E-state index contributed by atoms with van der Waals surface area (Å²) >= 11 is 0. The first kappa shape index (κ1) is 19.5. The van der Waals surface area contributed by atoms with Crippen LogP contribution in [0.3, 0.4) is 0 Å². The van der Waals surface area contributed by atoms with Gasteiger partial charge in [0.2, 0.25) is 0 Å². The third kappa shape index (κ3) is 3.29. The highest BCUT2D eigenvalue weighted by molar-refractivity contribution is 5.65. The lowest BCUT2D eigenvalue weighted by Crippen LogP contribution is -2.59. The van der Waals surface area contributed by atoms with Crippen LogP contribution in [-0.2, 0) is 0 Å². The van der Waals surface area contributed by atoms with Crippen LogP contribution >= 0.6 is 0 Å². The number of nitrogens with one attached hydrogen (secondary N) is 1. The van der Waals surface area contributed by atoms with Crippen LogP contribution in [0.1, 0.15) is 45.3 Å². The number of aliphatic hydroxyl groups excluding tert-OH is 1. The Bertz CT molecular complexity index is 981. The Morgan fingerprint density at radius 3 is 2.55 bits per heavy atom. The Kier molecular flexibility index (Phi) is 4.45. The van der Waals surface area contributed by atoms with Crippen molar-refractivity contribution < 1.29 is 24.3 Å². The number of benzene rings is 1. The number of rotatable bonds is 1. The zero-order chi connectivity index (χ0) is 21.0. The second-order valence-electron chi connectivity index (χ2n) is 8.92. The number of amides is 1. The van der Waals surface area contributed by atoms with Gasteiger partial charge in [-0.05, 0) is 23.6 Å². The molecule has 29 heavy (non-hydrogen) atoms. The quantitative estimate of drug-likeness (QED) is 0.667. The number of carbonyl (C=O) groups is 1. The number of aromatic amines is 1. The van der Waals surface area contributed by atoms with E-state index in [0.717, 1.165) is 0 Å². The van der Waals surface area contributed by atoms with Crippen molar-refractivity contribution in [2.75, 3.05) is 13.1 Å². The number of likely N-dealkylation sites (tertiary alicyclic amines) is 1. The van der Waals surface area contributed by atoms with Crippen molar-refractivity contribution in [3.05, 3.63) is 34.3 Å². The molecule has 9 heteroatoms. The smallest absolute Gasteiger partial charge is 0.439 e. The summed E-state index contributed by atoms with van der Waals surface area (Å²) in [6, 6.07) is 5.26. The summed E-state index contributed by atoms with van der Waals surface area (Å²) in [5, 5.41) is 24.4. The SMILES string of the molecule is CC(C)(C)C1C(O)c2cc(-c3noc(=O)[nH]3)ccc2OC12CCN(C(=O)O)CC2. The number of aromatic nitrogens is 2. The van der Waals surface area contributed by atoms with Crippen molar-refractivity contribution in [2.24, 2.45) is 11.3 Å². The van der Waals surface area contributed by atoms with E-state index in [-0.39, 0.29) is 17.2 Å². The van der Waals surface area contributed by atoms with Crippen LogP contribution in [0.5, 0.6) is 5.75 Å². The van der Waals surface area contributed by atoms with Gasteiger partial charge in [-0.1, -0.05) is 25.9 Å². The summed E-state index contributed by atoms with van der Waals surface area (Å²) in [5.41, 5.74) is 0.292. The Morgan fingerprint density at radius 1 is 1.31 bits per heavy atom. The fourth-order valence-electron chi connectivity index (χ4n) is 4.88. The van der Waals surface area contributed by atoms with Crippen LogP contribution in [0.15, 0.2) is 27.5 Å². The summed E-state index contributed by atoms with van der Waals surface area (Å²) in [7, 11) is 0. The van der Waals surface area contributed by atoms with E-state index in [1.54, 1.807) is 18.2 Å². The third-order valence-electron chi connectivity index (χ3n) is 6.05. The van der Waals surface area contributed by atoms with Crippen molar-refractivity contribution in [1.82, 2.24) is 15.0 Å². The molecule has 1 saturated heterocycles. The van der Waals surface area contributed by atoms with Crippen molar-refractivity contribution >= 4 is 6.09 Å². The molecule has 0 saturated carbocycles. The third-order valence-corrected chi connectivity index (χ3v) is 6.05. The van der Waals surface area contributed by atoms with Gasteiger partial charge >= 0.3 is 11.8 Å². The zero-order valence-corrected chi connectivity index (χ0v) is 16.6. The molecule has 9 nitrogen and oxygen atoms in total. The Balaban J connectivity index is 1.74. The lowest BCUT2D eigenvalue weighted by molar-refractivity contribution is -0.141. The second kappa shape index (κ2) is 6.62. The average molecular weight is 403 g/mol. The van der Waals surface area contributed by atoms with E-state index in [4.69, 9.17) is 4.74 Å². The summed E-state index contributed by atoms with van der Waals surface area (Å²) < 4.78 is 11.1. The molecule has 1 aromatic carbocycles. The Labute approximate surface area is 167 Å². The summed E-state index contributed by atoms with van der Waals surface area (Å²) in [6.45, 7) is 6.89. The van der Waals surface area contributed by atoms with Crippen LogP contribution in [0.25, 0.3) is 11.4 Å². The van der Waals surface area contributed by atoms with Gasteiger partial charge in [0, 0.05) is 43.0 Å². The highest BCUT2D eigenvalue weighted by Gasteiger charge is 2.55. The number of H-pyrrole nitrogens is 1. The minimum absolute atomic E-state index is 0.245. The fourth-order valence-corrected chi connectivity index (χ4v) is 4.88. The number of fused-ring (bicyclic) bond motifs is 1. The van der Waals surface area contributed by atoms with Crippen LogP contribution in [0, 0.1) is 11.3 Å². The normalized spacial score (nSPS) is 23.5. The predicted octanol–water partition coefficient (Wildman–Crippen LogP) is 2.63. The minimum Gasteiger partial charge on any atom is -0.486 e. The molecule has 0 aliphatic carbocycles. The molecule has 3 heterocycles. The molecule has 0 bridgehead atoms. The Morgan fingerprint density at radius 2 is 2.00 bits per heavy atom. The number of hydrogen-bond donors (Lipinski definition) is 3. The monoisotopic (exact) mass is 403 g/mol. The summed E-state index contributed by atoms with van der Waals surface area (Å²) in [5.74, 6) is -0.0417. The van der Waals surface area contributed by atoms with Crippen molar-refractivity contribution in [3.8, 4) is 17.1 Å². The van der Waals surface area contributed by atoms with Gasteiger partial charge in [-0.15, -0.1) is 0 Å². The van der Waals surface area contributed by atoms with Crippen LogP contribution in [-0.4, -0.2) is 50.0 Å².